The Morgan fingerprint density at radius 2 is 1.22 bits per heavy atom. The van der Waals surface area contributed by atoms with Crippen molar-refractivity contribution in [2.24, 2.45) is 0 Å². The molecule has 2 nitrogen and oxygen atoms in total. The first-order chi connectivity index (χ1) is 8.31. The molecule has 0 N–H and O–H groups in total. The van der Waals surface area contributed by atoms with E-state index >= 15 is 0 Å². The largest absolute Gasteiger partial charge is 0 e. The Balaban J connectivity index is 0. The predicted molar refractivity (Wildman–Crippen MR) is 67.2 cm³/mol. The van der Waals surface area contributed by atoms with Gasteiger partial charge in [-0.25, -0.2) is 0 Å². The molecule has 0 unspecified atom stereocenters. The summed E-state index contributed by atoms with van der Waals surface area (Å²) in [5.41, 5.74) is 0. The van der Waals surface area contributed by atoms with Gasteiger partial charge < -0.3 is 0 Å². The van der Waals surface area contributed by atoms with Crippen LogP contribution < -0.4 is 0 Å². The number of unbranched alkanes of at least 4 members (excludes halogenated alkanes) is 10. The Kier molecular flexibility index (Phi) is 20.7. The molecule has 0 saturated carbocycles. The van der Waals surface area contributed by atoms with Crippen LogP contribution in [0.1, 0.15) is 84.0 Å². The van der Waals surface area contributed by atoms with Gasteiger partial charge in [-0.3, -0.25) is 0 Å². The summed E-state index contributed by atoms with van der Waals surface area (Å²) in [6.45, 7) is 2.26. The second-order valence-corrected chi connectivity index (χ2v) is 5.41. The molecule has 0 heterocycles. The Bertz CT molecular complexity index is 175. The first-order valence-electron chi connectivity index (χ1n) is 7.26. The van der Waals surface area contributed by atoms with Crippen LogP contribution in [0.2, 0.25) is 0 Å². The first kappa shape index (κ1) is 21.0. The molecule has 0 radical (unpaired) electrons. The van der Waals surface area contributed by atoms with E-state index in [0.717, 1.165) is 6.42 Å². The summed E-state index contributed by atoms with van der Waals surface area (Å²) in [6.07, 6.45) is 15.2. The van der Waals surface area contributed by atoms with Crippen LogP contribution in [-0.4, -0.2) is 5.97 Å². The number of hydrogen-bond acceptors (Lipinski definition) is 2. The Morgan fingerprint density at radius 1 is 0.833 bits per heavy atom. The average molecular weight is 358 g/mol. The summed E-state index contributed by atoms with van der Waals surface area (Å²) in [7, 11) is 0. The second-order valence-electron chi connectivity index (χ2n) is 4.80. The summed E-state index contributed by atoms with van der Waals surface area (Å²) in [5.74, 6) is -0.0130. The van der Waals surface area contributed by atoms with Gasteiger partial charge in [0, 0.05) is 19.5 Å². The van der Waals surface area contributed by atoms with E-state index in [1.165, 1.54) is 64.2 Å². The monoisotopic (exact) mass is 355 g/mol. The number of hydrogen-bond donors (Lipinski definition) is 0. The van der Waals surface area contributed by atoms with Crippen molar-refractivity contribution in [1.82, 2.24) is 0 Å². The van der Waals surface area contributed by atoms with Crippen LogP contribution in [0.5, 0.6) is 0 Å². The summed E-state index contributed by atoms with van der Waals surface area (Å²) in [5, 5.41) is 0. The molecular formula is C14H27O2Zn2. The zero-order valence-electron chi connectivity index (χ0n) is 12.2. The van der Waals surface area contributed by atoms with Crippen molar-refractivity contribution in [3.8, 4) is 0 Å². The normalized spacial score (nSPS) is 9.94. The third-order valence-electron chi connectivity index (χ3n) is 3.15. The van der Waals surface area contributed by atoms with Gasteiger partial charge in [0.05, 0.1) is 0 Å². The molecule has 18 heavy (non-hydrogen) atoms. The molecule has 0 amide bonds. The van der Waals surface area contributed by atoms with Gasteiger partial charge in [-0.1, -0.05) is 19.8 Å². The molecule has 0 atom stereocenters. The van der Waals surface area contributed by atoms with E-state index in [-0.39, 0.29) is 25.4 Å². The SMILES string of the molecule is CCCCCCCCCCCCCC(=O)[O][Zn].[Zn]. The Hall–Kier alpha value is 0.717. The summed E-state index contributed by atoms with van der Waals surface area (Å²) >= 11 is 0.636. The minimum atomic E-state index is -0.0130. The maximum absolute atomic E-state index is 10.9. The smallest absolute Gasteiger partial charge is 0 e. The zero-order chi connectivity index (χ0) is 12.8. The fourth-order valence-electron chi connectivity index (χ4n) is 2.01. The fourth-order valence-corrected chi connectivity index (χ4v) is 2.31. The van der Waals surface area contributed by atoms with Gasteiger partial charge in [0.1, 0.15) is 0 Å². The third kappa shape index (κ3) is 16.7. The van der Waals surface area contributed by atoms with Crippen molar-refractivity contribution in [3.05, 3.63) is 0 Å². The van der Waals surface area contributed by atoms with Crippen molar-refractivity contribution >= 4 is 5.97 Å². The van der Waals surface area contributed by atoms with E-state index in [1.807, 2.05) is 0 Å². The Labute approximate surface area is 136 Å². The third-order valence-corrected chi connectivity index (χ3v) is 3.82. The summed E-state index contributed by atoms with van der Waals surface area (Å²) < 4.78 is 4.73. The molecular weight excluding hydrogens is 331 g/mol. The summed E-state index contributed by atoms with van der Waals surface area (Å²) in [4.78, 5) is 10.9. The van der Waals surface area contributed by atoms with E-state index in [0.29, 0.717) is 25.1 Å². The van der Waals surface area contributed by atoms with Crippen molar-refractivity contribution in [2.45, 2.75) is 84.0 Å². The quantitative estimate of drug-likeness (QED) is 0.374. The fraction of sp³-hybridized carbons (Fsp3) is 0.929. The molecule has 0 aliphatic rings. The Morgan fingerprint density at radius 3 is 1.61 bits per heavy atom. The maximum Gasteiger partial charge on any atom is 0 e. The van der Waals surface area contributed by atoms with E-state index < -0.39 is 0 Å². The van der Waals surface area contributed by atoms with Crippen LogP contribution >= 0.6 is 0 Å². The average Bonchev–Trinajstić information content (AvgIpc) is 2.35. The van der Waals surface area contributed by atoms with E-state index in [9.17, 15) is 4.79 Å². The minimum absolute atomic E-state index is 0. The van der Waals surface area contributed by atoms with Crippen LogP contribution in [0, 0.1) is 0 Å². The van der Waals surface area contributed by atoms with Gasteiger partial charge in [0.2, 0.25) is 0 Å². The van der Waals surface area contributed by atoms with Crippen LogP contribution in [-0.2, 0) is 46.5 Å². The molecule has 0 aliphatic heterocycles. The van der Waals surface area contributed by atoms with Crippen LogP contribution in [0.4, 0.5) is 0 Å². The molecule has 0 rings (SSSR count). The topological polar surface area (TPSA) is 26.3 Å². The number of carbonyl (C=O) groups is 1. The molecule has 0 bridgehead atoms. The molecule has 0 saturated heterocycles. The van der Waals surface area contributed by atoms with E-state index in [1.54, 1.807) is 0 Å². The van der Waals surface area contributed by atoms with Gasteiger partial charge in [0.15, 0.2) is 0 Å². The molecule has 99 valence electrons. The molecule has 0 aromatic carbocycles. The second kappa shape index (κ2) is 17.7. The molecule has 0 aromatic heterocycles. The molecule has 0 spiro atoms. The standard InChI is InChI=1S/C14H28O2.2Zn/c1-2-3-4-5-6-7-8-9-10-11-12-13-14(15)16;;/h2-13H2,1H3,(H,15,16);;/q;;+1/p-1. The van der Waals surface area contributed by atoms with Gasteiger partial charge in [-0.2, -0.15) is 0 Å². The van der Waals surface area contributed by atoms with E-state index in [4.69, 9.17) is 3.56 Å². The van der Waals surface area contributed by atoms with Crippen LogP contribution in [0.25, 0.3) is 0 Å². The molecule has 0 aliphatic carbocycles. The van der Waals surface area contributed by atoms with E-state index in [2.05, 4.69) is 6.92 Å². The van der Waals surface area contributed by atoms with Crippen LogP contribution in [0.3, 0.4) is 0 Å². The van der Waals surface area contributed by atoms with Gasteiger partial charge in [-0.15, -0.1) is 0 Å². The number of carbonyl (C=O) groups excluding carboxylic acids is 1. The van der Waals surface area contributed by atoms with Crippen molar-refractivity contribution < 1.29 is 46.5 Å². The summed E-state index contributed by atoms with van der Waals surface area (Å²) in [6, 6.07) is 0. The van der Waals surface area contributed by atoms with Gasteiger partial charge >= 0.3 is 97.2 Å². The van der Waals surface area contributed by atoms with Gasteiger partial charge in [-0.05, 0) is 0 Å². The maximum atomic E-state index is 10.9. The van der Waals surface area contributed by atoms with Crippen molar-refractivity contribution in [1.29, 1.82) is 0 Å². The molecule has 0 fully saturated rings. The predicted octanol–water partition coefficient (Wildman–Crippen LogP) is 4.69. The minimum Gasteiger partial charge on any atom is 0 e. The molecule has 4 heteroatoms. The van der Waals surface area contributed by atoms with Crippen molar-refractivity contribution in [2.75, 3.05) is 0 Å². The number of rotatable bonds is 12. The first-order valence-corrected chi connectivity index (χ1v) is 8.47. The zero-order valence-corrected chi connectivity index (χ0v) is 18.2. The van der Waals surface area contributed by atoms with Crippen LogP contribution in [0.15, 0.2) is 0 Å². The van der Waals surface area contributed by atoms with Crippen molar-refractivity contribution in [3.63, 3.8) is 0 Å². The van der Waals surface area contributed by atoms with Gasteiger partial charge in [0.25, 0.3) is 0 Å². The molecule has 0 aromatic rings.